The fraction of sp³-hybridized carbons (Fsp3) is 0.800. The normalized spacial score (nSPS) is 39.7. The highest BCUT2D eigenvalue weighted by molar-refractivity contribution is 7.99. The number of nitrogens with zero attached hydrogens (tertiary/aromatic N) is 3. The van der Waals surface area contributed by atoms with E-state index in [1.165, 1.54) is 50.3 Å². The van der Waals surface area contributed by atoms with Crippen LogP contribution >= 0.6 is 11.8 Å². The topological polar surface area (TPSA) is 62.7 Å². The molecule has 1 heterocycles. The standard InChI is InChI=1S/C15H19N3OS/c1-9(8-16)20-14-18-17-13(19-14)15-5-10-2-11(6-15)4-12(3-10)7-15/h9-12H,2-7H2,1H3/t9-,10?,11?,12?,15?/m0/s1. The van der Waals surface area contributed by atoms with Crippen LogP contribution in [0.5, 0.6) is 0 Å². The second-order valence-corrected chi connectivity index (χ2v) is 8.25. The summed E-state index contributed by atoms with van der Waals surface area (Å²) < 4.78 is 5.93. The van der Waals surface area contributed by atoms with E-state index in [0.717, 1.165) is 23.6 Å². The van der Waals surface area contributed by atoms with Crippen molar-refractivity contribution in [2.75, 3.05) is 0 Å². The summed E-state index contributed by atoms with van der Waals surface area (Å²) in [6.45, 7) is 1.86. The Morgan fingerprint density at radius 2 is 1.80 bits per heavy atom. The van der Waals surface area contributed by atoms with Gasteiger partial charge < -0.3 is 4.42 Å². The zero-order valence-corrected chi connectivity index (χ0v) is 12.5. The van der Waals surface area contributed by atoms with Gasteiger partial charge in [0, 0.05) is 5.41 Å². The van der Waals surface area contributed by atoms with Crippen LogP contribution in [0.2, 0.25) is 0 Å². The summed E-state index contributed by atoms with van der Waals surface area (Å²) in [6, 6.07) is 2.19. The van der Waals surface area contributed by atoms with Crippen molar-refractivity contribution in [3.63, 3.8) is 0 Å². The molecule has 0 aromatic carbocycles. The molecule has 5 heteroatoms. The maximum absolute atomic E-state index is 8.87. The van der Waals surface area contributed by atoms with E-state index in [0.29, 0.717) is 5.22 Å². The summed E-state index contributed by atoms with van der Waals surface area (Å²) in [6.07, 6.45) is 7.96. The van der Waals surface area contributed by atoms with E-state index in [2.05, 4.69) is 16.3 Å². The van der Waals surface area contributed by atoms with Crippen molar-refractivity contribution < 1.29 is 4.42 Å². The van der Waals surface area contributed by atoms with Crippen LogP contribution in [0.3, 0.4) is 0 Å². The Morgan fingerprint density at radius 3 is 2.35 bits per heavy atom. The predicted molar refractivity (Wildman–Crippen MR) is 75.1 cm³/mol. The lowest BCUT2D eigenvalue weighted by molar-refractivity contribution is -0.0191. The van der Waals surface area contributed by atoms with Gasteiger partial charge in [0.1, 0.15) is 0 Å². The first-order chi connectivity index (χ1) is 9.67. The van der Waals surface area contributed by atoms with Gasteiger partial charge in [-0.15, -0.1) is 10.2 Å². The molecule has 4 nitrogen and oxygen atoms in total. The number of aromatic nitrogens is 2. The maximum atomic E-state index is 8.87. The first kappa shape index (κ1) is 12.7. The molecule has 0 amide bonds. The van der Waals surface area contributed by atoms with Crippen LogP contribution in [0.1, 0.15) is 51.3 Å². The molecule has 1 aromatic rings. The molecule has 0 N–H and O–H groups in total. The molecule has 0 aliphatic heterocycles. The summed E-state index contributed by atoms with van der Waals surface area (Å²) >= 11 is 1.37. The van der Waals surface area contributed by atoms with Gasteiger partial charge in [0.05, 0.1) is 11.3 Å². The van der Waals surface area contributed by atoms with Crippen LogP contribution in [0.25, 0.3) is 0 Å². The molecule has 0 spiro atoms. The Hall–Kier alpha value is -1.02. The van der Waals surface area contributed by atoms with Crippen LogP contribution in [-0.2, 0) is 5.41 Å². The molecule has 106 valence electrons. The zero-order chi connectivity index (χ0) is 13.7. The minimum atomic E-state index is -0.139. The van der Waals surface area contributed by atoms with Crippen molar-refractivity contribution >= 4 is 11.8 Å². The van der Waals surface area contributed by atoms with Crippen LogP contribution in [0, 0.1) is 29.1 Å². The lowest BCUT2D eigenvalue weighted by atomic mass is 9.49. The van der Waals surface area contributed by atoms with E-state index in [9.17, 15) is 0 Å². The number of rotatable bonds is 3. The van der Waals surface area contributed by atoms with Gasteiger partial charge in [-0.3, -0.25) is 0 Å². The average Bonchev–Trinajstić information content (AvgIpc) is 2.86. The highest BCUT2D eigenvalue weighted by Crippen LogP contribution is 2.60. The number of nitriles is 1. The summed E-state index contributed by atoms with van der Waals surface area (Å²) in [7, 11) is 0. The van der Waals surface area contributed by atoms with E-state index >= 15 is 0 Å². The van der Waals surface area contributed by atoms with Gasteiger partial charge >= 0.3 is 0 Å². The molecule has 0 radical (unpaired) electrons. The highest BCUT2D eigenvalue weighted by atomic mass is 32.2. The number of hydrogen-bond acceptors (Lipinski definition) is 5. The SMILES string of the molecule is C[C@@H](C#N)Sc1nnc(C23CC4CC(CC(C4)C2)C3)o1. The predicted octanol–water partition coefficient (Wildman–Crippen LogP) is 3.54. The fourth-order valence-electron chi connectivity index (χ4n) is 5.02. The number of thioether (sulfide) groups is 1. The van der Waals surface area contributed by atoms with Crippen LogP contribution in [0.15, 0.2) is 9.64 Å². The molecule has 1 atom stereocenters. The van der Waals surface area contributed by atoms with Crippen LogP contribution in [0.4, 0.5) is 0 Å². The molecule has 4 bridgehead atoms. The van der Waals surface area contributed by atoms with Gasteiger partial charge in [0.15, 0.2) is 0 Å². The van der Waals surface area contributed by atoms with Crippen molar-refractivity contribution in [3.05, 3.63) is 5.89 Å². The minimum absolute atomic E-state index is 0.139. The maximum Gasteiger partial charge on any atom is 0.277 e. The van der Waals surface area contributed by atoms with E-state index in [1.807, 2.05) is 6.92 Å². The third-order valence-electron chi connectivity index (χ3n) is 5.36. The molecule has 4 aliphatic rings. The second-order valence-electron chi connectivity index (χ2n) is 6.96. The molecule has 0 saturated heterocycles. The third kappa shape index (κ3) is 1.96. The quantitative estimate of drug-likeness (QED) is 0.796. The first-order valence-electron chi connectivity index (χ1n) is 7.57. The van der Waals surface area contributed by atoms with E-state index in [4.69, 9.17) is 9.68 Å². The molecule has 4 fully saturated rings. The summed E-state index contributed by atoms with van der Waals surface area (Å²) in [5.41, 5.74) is 0.163. The Bertz CT molecular complexity index is 526. The van der Waals surface area contributed by atoms with Gasteiger partial charge in [-0.2, -0.15) is 5.26 Å². The molecular formula is C15H19N3OS. The fourth-order valence-corrected chi connectivity index (χ4v) is 5.59. The average molecular weight is 289 g/mol. The lowest BCUT2D eigenvalue weighted by Crippen LogP contribution is -2.48. The van der Waals surface area contributed by atoms with Crippen molar-refractivity contribution in [1.82, 2.24) is 10.2 Å². The van der Waals surface area contributed by atoms with Crippen molar-refractivity contribution in [2.45, 2.75) is 61.3 Å². The summed E-state index contributed by atoms with van der Waals surface area (Å²) in [5, 5.41) is 17.8. The Balaban J connectivity index is 1.60. The minimum Gasteiger partial charge on any atom is -0.415 e. The first-order valence-corrected chi connectivity index (χ1v) is 8.45. The molecular weight excluding hydrogens is 270 g/mol. The second kappa shape index (κ2) is 4.49. The summed E-state index contributed by atoms with van der Waals surface area (Å²) in [4.78, 5) is 0. The van der Waals surface area contributed by atoms with Crippen LogP contribution in [-0.4, -0.2) is 15.4 Å². The molecule has 4 saturated carbocycles. The largest absolute Gasteiger partial charge is 0.415 e. The highest BCUT2D eigenvalue weighted by Gasteiger charge is 2.54. The van der Waals surface area contributed by atoms with Gasteiger partial charge in [0.25, 0.3) is 5.22 Å². The van der Waals surface area contributed by atoms with Crippen molar-refractivity contribution in [3.8, 4) is 6.07 Å². The van der Waals surface area contributed by atoms with E-state index in [1.54, 1.807) is 0 Å². The third-order valence-corrected chi connectivity index (χ3v) is 6.18. The number of hydrogen-bond donors (Lipinski definition) is 0. The lowest BCUT2D eigenvalue weighted by Gasteiger charge is -2.55. The Kier molecular flexibility index (Phi) is 2.85. The molecule has 20 heavy (non-hydrogen) atoms. The van der Waals surface area contributed by atoms with Gasteiger partial charge in [0.2, 0.25) is 5.89 Å². The van der Waals surface area contributed by atoms with E-state index in [-0.39, 0.29) is 10.7 Å². The van der Waals surface area contributed by atoms with Gasteiger partial charge in [-0.1, -0.05) is 0 Å². The molecule has 0 unspecified atom stereocenters. The zero-order valence-electron chi connectivity index (χ0n) is 11.7. The monoisotopic (exact) mass is 289 g/mol. The molecule has 1 aromatic heterocycles. The van der Waals surface area contributed by atoms with Gasteiger partial charge in [-0.05, 0) is 75.0 Å². The van der Waals surface area contributed by atoms with Gasteiger partial charge in [-0.25, -0.2) is 0 Å². The van der Waals surface area contributed by atoms with E-state index < -0.39 is 0 Å². The molecule has 4 aliphatic carbocycles. The Morgan fingerprint density at radius 1 is 1.20 bits per heavy atom. The van der Waals surface area contributed by atoms with Crippen molar-refractivity contribution in [1.29, 1.82) is 5.26 Å². The summed E-state index contributed by atoms with van der Waals surface area (Å²) in [5.74, 6) is 3.48. The molecule has 5 rings (SSSR count). The Labute approximate surface area is 123 Å². The smallest absolute Gasteiger partial charge is 0.277 e. The van der Waals surface area contributed by atoms with Crippen LogP contribution < -0.4 is 0 Å². The van der Waals surface area contributed by atoms with Crippen molar-refractivity contribution in [2.24, 2.45) is 17.8 Å².